The number of anilines is 1. The van der Waals surface area contributed by atoms with Crippen LogP contribution in [0.1, 0.15) is 27.7 Å². The number of fused-ring (bicyclic) bond motifs is 1. The van der Waals surface area contributed by atoms with Crippen molar-refractivity contribution in [3.8, 4) is 5.75 Å². The number of esters is 1. The molecule has 0 fully saturated rings. The molecule has 1 amide bonds. The van der Waals surface area contributed by atoms with Crippen molar-refractivity contribution in [3.05, 3.63) is 48.6 Å². The van der Waals surface area contributed by atoms with Gasteiger partial charge in [-0.1, -0.05) is 30.8 Å². The zero-order valence-electron chi connectivity index (χ0n) is 14.3. The summed E-state index contributed by atoms with van der Waals surface area (Å²) in [6.45, 7) is 10.5. The van der Waals surface area contributed by atoms with Crippen LogP contribution in [-0.2, 0) is 9.53 Å². The van der Waals surface area contributed by atoms with E-state index in [2.05, 4.69) is 11.9 Å². The van der Waals surface area contributed by atoms with Gasteiger partial charge >= 0.3 is 12.1 Å². The minimum Gasteiger partial charge on any atom is -0.444 e. The summed E-state index contributed by atoms with van der Waals surface area (Å²) < 4.78 is 10.6. The Hall–Kier alpha value is -2.82. The van der Waals surface area contributed by atoms with Crippen molar-refractivity contribution in [2.75, 3.05) is 5.32 Å². The Morgan fingerprint density at radius 1 is 1.04 bits per heavy atom. The van der Waals surface area contributed by atoms with Gasteiger partial charge in [0.15, 0.2) is 0 Å². The lowest BCUT2D eigenvalue weighted by atomic mass is 10.1. The Morgan fingerprint density at radius 3 is 2.29 bits per heavy atom. The molecule has 0 bridgehead atoms. The Morgan fingerprint density at radius 2 is 1.67 bits per heavy atom. The van der Waals surface area contributed by atoms with Crippen molar-refractivity contribution >= 4 is 28.5 Å². The van der Waals surface area contributed by atoms with E-state index >= 15 is 0 Å². The first-order chi connectivity index (χ1) is 11.2. The smallest absolute Gasteiger partial charge is 0.412 e. The molecule has 0 radical (unpaired) electrons. The van der Waals surface area contributed by atoms with Crippen molar-refractivity contribution in [2.45, 2.75) is 33.3 Å². The number of carbonyl (C=O) groups is 2. The van der Waals surface area contributed by atoms with E-state index in [1.165, 1.54) is 0 Å². The topological polar surface area (TPSA) is 64.6 Å². The van der Waals surface area contributed by atoms with Crippen LogP contribution in [0.25, 0.3) is 10.8 Å². The molecule has 5 heteroatoms. The summed E-state index contributed by atoms with van der Waals surface area (Å²) in [6.07, 6.45) is -0.542. The molecule has 24 heavy (non-hydrogen) atoms. The maximum Gasteiger partial charge on any atom is 0.412 e. The van der Waals surface area contributed by atoms with Gasteiger partial charge in [-0.25, -0.2) is 9.59 Å². The number of rotatable bonds is 3. The second-order valence-corrected chi connectivity index (χ2v) is 6.45. The Kier molecular flexibility index (Phi) is 4.93. The number of amides is 1. The molecule has 2 aromatic rings. The fourth-order valence-corrected chi connectivity index (χ4v) is 2.08. The molecule has 0 saturated heterocycles. The fourth-order valence-electron chi connectivity index (χ4n) is 2.08. The Balaban J connectivity index is 2.35. The van der Waals surface area contributed by atoms with Crippen molar-refractivity contribution in [2.24, 2.45) is 0 Å². The van der Waals surface area contributed by atoms with Gasteiger partial charge in [-0.15, -0.1) is 0 Å². The number of nitrogens with one attached hydrogen (secondary N) is 1. The fraction of sp³-hybridized carbons (Fsp3) is 0.263. The van der Waals surface area contributed by atoms with Crippen LogP contribution in [0.5, 0.6) is 5.75 Å². The van der Waals surface area contributed by atoms with Crippen LogP contribution in [0.2, 0.25) is 0 Å². The van der Waals surface area contributed by atoms with Crippen LogP contribution in [0.3, 0.4) is 0 Å². The lowest BCUT2D eigenvalue weighted by molar-refractivity contribution is -0.129. The standard InChI is InChI=1S/C19H21NO4/c1-12(2)17(21)23-16-11-7-8-13-14(16)9-6-10-15(13)20-18(22)24-19(3,4)5/h6-11H,1H2,2-5H3,(H,20,22). The summed E-state index contributed by atoms with van der Waals surface area (Å²) in [5, 5.41) is 4.18. The van der Waals surface area contributed by atoms with Crippen molar-refractivity contribution in [1.29, 1.82) is 0 Å². The molecule has 0 atom stereocenters. The predicted octanol–water partition coefficient (Wildman–Crippen LogP) is 4.67. The average molecular weight is 327 g/mol. The van der Waals surface area contributed by atoms with E-state index in [1.54, 1.807) is 52.0 Å². The van der Waals surface area contributed by atoms with Gasteiger partial charge in [-0.05, 0) is 39.8 Å². The van der Waals surface area contributed by atoms with Gasteiger partial charge in [0, 0.05) is 16.3 Å². The van der Waals surface area contributed by atoms with Crippen LogP contribution in [0.4, 0.5) is 10.5 Å². The third kappa shape index (κ3) is 4.35. The van der Waals surface area contributed by atoms with Gasteiger partial charge in [-0.2, -0.15) is 0 Å². The summed E-state index contributed by atoms with van der Waals surface area (Å²) in [6, 6.07) is 10.6. The highest BCUT2D eigenvalue weighted by Crippen LogP contribution is 2.31. The number of hydrogen-bond donors (Lipinski definition) is 1. The quantitative estimate of drug-likeness (QED) is 0.505. The number of ether oxygens (including phenoxy) is 2. The van der Waals surface area contributed by atoms with Crippen LogP contribution in [0.15, 0.2) is 48.6 Å². The molecule has 0 unspecified atom stereocenters. The van der Waals surface area contributed by atoms with E-state index < -0.39 is 17.7 Å². The van der Waals surface area contributed by atoms with E-state index in [1.807, 2.05) is 12.1 Å². The SMILES string of the molecule is C=C(C)C(=O)Oc1cccc2c(NC(=O)OC(C)(C)C)cccc12. The van der Waals surface area contributed by atoms with Crippen molar-refractivity contribution < 1.29 is 19.1 Å². The second-order valence-electron chi connectivity index (χ2n) is 6.45. The lowest BCUT2D eigenvalue weighted by Crippen LogP contribution is -2.27. The minimum atomic E-state index is -0.586. The molecule has 0 aliphatic rings. The number of benzene rings is 2. The molecular weight excluding hydrogens is 306 g/mol. The van der Waals surface area contributed by atoms with E-state index in [9.17, 15) is 9.59 Å². The van der Waals surface area contributed by atoms with E-state index in [0.29, 0.717) is 22.4 Å². The largest absolute Gasteiger partial charge is 0.444 e. The molecule has 5 nitrogen and oxygen atoms in total. The molecule has 0 aliphatic heterocycles. The van der Waals surface area contributed by atoms with Crippen LogP contribution in [-0.4, -0.2) is 17.7 Å². The zero-order valence-corrected chi connectivity index (χ0v) is 14.3. The number of hydrogen-bond acceptors (Lipinski definition) is 4. The maximum absolute atomic E-state index is 12.0. The first-order valence-electron chi connectivity index (χ1n) is 7.57. The summed E-state index contributed by atoms with van der Waals surface area (Å²) in [7, 11) is 0. The normalized spacial score (nSPS) is 11.0. The molecule has 126 valence electrons. The van der Waals surface area contributed by atoms with Gasteiger partial charge in [-0.3, -0.25) is 5.32 Å². The first-order valence-corrected chi connectivity index (χ1v) is 7.57. The summed E-state index contributed by atoms with van der Waals surface area (Å²) in [5.74, 6) is -0.0821. The van der Waals surface area contributed by atoms with Crippen LogP contribution < -0.4 is 10.1 Å². The molecule has 2 aromatic carbocycles. The molecule has 0 aliphatic carbocycles. The second kappa shape index (κ2) is 6.74. The van der Waals surface area contributed by atoms with Crippen molar-refractivity contribution in [1.82, 2.24) is 0 Å². The number of carbonyl (C=O) groups excluding carboxylic acids is 2. The lowest BCUT2D eigenvalue weighted by Gasteiger charge is -2.20. The summed E-state index contributed by atoms with van der Waals surface area (Å²) in [5.41, 5.74) is 0.307. The van der Waals surface area contributed by atoms with Gasteiger partial charge in [0.05, 0.1) is 5.69 Å². The molecule has 0 aromatic heterocycles. The minimum absolute atomic E-state index is 0.315. The highest BCUT2D eigenvalue weighted by molar-refractivity contribution is 6.03. The monoisotopic (exact) mass is 327 g/mol. The molecule has 0 heterocycles. The molecular formula is C19H21NO4. The van der Waals surface area contributed by atoms with Crippen LogP contribution in [0, 0.1) is 0 Å². The Bertz CT molecular complexity index is 803. The highest BCUT2D eigenvalue weighted by Gasteiger charge is 2.17. The van der Waals surface area contributed by atoms with Gasteiger partial charge in [0.25, 0.3) is 0 Å². The van der Waals surface area contributed by atoms with E-state index in [4.69, 9.17) is 9.47 Å². The first kappa shape index (κ1) is 17.5. The Labute approximate surface area is 141 Å². The average Bonchev–Trinajstić information content (AvgIpc) is 2.46. The van der Waals surface area contributed by atoms with Crippen molar-refractivity contribution in [3.63, 3.8) is 0 Å². The van der Waals surface area contributed by atoms with E-state index in [0.717, 1.165) is 5.39 Å². The maximum atomic E-state index is 12.0. The predicted molar refractivity (Wildman–Crippen MR) is 94.3 cm³/mol. The third-order valence-corrected chi connectivity index (χ3v) is 3.07. The summed E-state index contributed by atoms with van der Waals surface area (Å²) in [4.78, 5) is 23.8. The molecule has 1 N–H and O–H groups in total. The third-order valence-electron chi connectivity index (χ3n) is 3.07. The van der Waals surface area contributed by atoms with Gasteiger partial charge in [0.1, 0.15) is 11.4 Å². The summed E-state index contributed by atoms with van der Waals surface area (Å²) >= 11 is 0. The molecule has 2 rings (SSSR count). The van der Waals surface area contributed by atoms with Gasteiger partial charge < -0.3 is 9.47 Å². The van der Waals surface area contributed by atoms with Crippen LogP contribution >= 0.6 is 0 Å². The molecule has 0 saturated carbocycles. The van der Waals surface area contributed by atoms with Gasteiger partial charge in [0.2, 0.25) is 0 Å². The molecule has 0 spiro atoms. The van der Waals surface area contributed by atoms with E-state index in [-0.39, 0.29) is 0 Å². The zero-order chi connectivity index (χ0) is 17.9. The highest BCUT2D eigenvalue weighted by atomic mass is 16.6.